The van der Waals surface area contributed by atoms with Crippen molar-refractivity contribution in [2.24, 2.45) is 23.0 Å². The monoisotopic (exact) mass is 1800 g/mol. The van der Waals surface area contributed by atoms with Crippen molar-refractivity contribution in [1.29, 1.82) is 0 Å². The summed E-state index contributed by atoms with van der Waals surface area (Å²) in [6.07, 6.45) is -18.1. The number of carboxylic acid groups (broad SMARTS) is 3. The van der Waals surface area contributed by atoms with E-state index in [0.717, 1.165) is 37.8 Å². The van der Waals surface area contributed by atoms with Gasteiger partial charge in [-0.2, -0.15) is 12.6 Å². The van der Waals surface area contributed by atoms with Crippen LogP contribution in [-0.2, 0) is 76.7 Å². The number of carbonyl (C=O) groups excluding carboxylic acids is 14. The van der Waals surface area contributed by atoms with Crippen LogP contribution in [0.25, 0.3) is 0 Å². The van der Waals surface area contributed by atoms with E-state index in [1.165, 1.54) is 11.0 Å². The van der Waals surface area contributed by atoms with E-state index >= 15 is 0 Å². The first kappa shape index (κ1) is 108. The molecule has 2 aliphatic rings. The standard InChI is InChI=1S/C82H124N12O31S/c1-82(2,3)65(105)39-94-58-21-12-11-20-57(58)93(49-17-8-7-9-18-49)38-54(79(94)121)92-81(124)87-48-16-14-15-45(33-48)74(116)84-32-13-6-4-5-10-19-50(98)34-46(22-30-68(108)109)75(117)89-53(26-29-67(107)86-37-62(102)71(113)73(115)64(104)41-96)60(100)35-47(23-31-69(110)111)76(118)88-52(25-28-66(106)85-36-61(101)70(112)72(114)63(103)40-95)59(99)27-24-51(83)77(119)90-55(42-125-44-97)78(120)91-56(43-126)80(122)123/h11-12,14-16,20-21,33,44,46-47,49,51-56,61-64,70-73,95-96,101-104,112-115,126H,4-10,13,17-19,22-32,34-43,83H2,1-3H3,(H,84,116)(H,85,106)(H,86,107)(H,88,118)(H,89,117)(H,90,119)(H,91,120)(H,108,109)(H,110,111)(H,122,123)(H2,87,92,124)/t46-,47-,51-,52+,53+,54+,55-,56-,61-,62-,63+,64+,70+,71+,72+,73+/m0/s1. The number of benzene rings is 2. The van der Waals surface area contributed by atoms with Gasteiger partial charge in [0.25, 0.3) is 18.3 Å². The lowest BCUT2D eigenvalue weighted by Gasteiger charge is -2.37. The SMILES string of the molecule is CC(C)(C)C(=O)CN1C(=O)[C@H](NC(=O)Nc2cccc(C(=O)NCCCCCCCC(=O)C[C@H](CCC(=O)O)C(=O)N[C@H](CCC(=O)NC[C@H](O)[C@@H](O)[C@H](O)[C@H](O)CO)C(=O)C[C@H](CCC(=O)O)C(=O)N[C@H](CCC(=O)NC[C@H](O)[C@@H](O)[C@H](O)[C@H](O)CO)C(=O)CC[C@H](N)C(=O)N[C@@H](COC=O)C(=O)N[C@@H](CS)C(=O)O)c2)CN(C2CCCCC2)c2ccccc21. The van der Waals surface area contributed by atoms with E-state index in [-0.39, 0.29) is 62.0 Å². The molecule has 126 heavy (non-hydrogen) atoms. The molecule has 1 aliphatic heterocycles. The van der Waals surface area contributed by atoms with Crippen molar-refractivity contribution < 1.29 is 153 Å². The zero-order chi connectivity index (χ0) is 94.1. The van der Waals surface area contributed by atoms with Crippen molar-refractivity contribution in [3.8, 4) is 0 Å². The van der Waals surface area contributed by atoms with Gasteiger partial charge in [0.1, 0.15) is 67.1 Å². The van der Waals surface area contributed by atoms with E-state index in [9.17, 15) is 148 Å². The number of para-hydroxylation sites is 2. The van der Waals surface area contributed by atoms with Gasteiger partial charge in [-0.1, -0.05) is 77.5 Å². The van der Waals surface area contributed by atoms with E-state index in [1.54, 1.807) is 51.1 Å². The lowest BCUT2D eigenvalue weighted by molar-refractivity contribution is -0.142. The average Bonchev–Trinajstić information content (AvgIpc) is 1.62. The molecule has 24 N–H and O–H groups in total. The van der Waals surface area contributed by atoms with Crippen molar-refractivity contribution in [2.75, 3.05) is 73.4 Å². The fraction of sp³-hybridized carbons (Fsp3) is 0.646. The summed E-state index contributed by atoms with van der Waals surface area (Å²) in [5.41, 5.74) is 7.15. The molecular weight excluding hydrogens is 1680 g/mol. The number of Topliss-reactive ketones (excluding diaryl/α,β-unsaturated/α-hetero) is 4. The minimum Gasteiger partial charge on any atom is -0.481 e. The van der Waals surface area contributed by atoms with Gasteiger partial charge < -0.3 is 135 Å². The summed E-state index contributed by atoms with van der Waals surface area (Å²) in [7, 11) is 0. The molecule has 0 aromatic heterocycles. The fourth-order valence-corrected chi connectivity index (χ4v) is 14.0. The molecule has 0 bridgehead atoms. The third-order valence-electron chi connectivity index (χ3n) is 21.5. The molecule has 0 spiro atoms. The number of hydrogen-bond acceptors (Lipinski definition) is 31. The molecule has 4 rings (SSSR count). The van der Waals surface area contributed by atoms with Gasteiger partial charge >= 0.3 is 23.9 Å². The topological polar surface area (TPSA) is 703 Å². The van der Waals surface area contributed by atoms with Crippen LogP contribution in [-0.4, -0.2) is 317 Å². The first-order valence-electron chi connectivity index (χ1n) is 41.8. The van der Waals surface area contributed by atoms with Crippen LogP contribution in [0, 0.1) is 17.3 Å². The first-order valence-corrected chi connectivity index (χ1v) is 42.4. The van der Waals surface area contributed by atoms with E-state index in [2.05, 4.69) is 70.1 Å². The van der Waals surface area contributed by atoms with Crippen LogP contribution in [0.2, 0.25) is 0 Å². The molecule has 10 amide bonds. The number of fused-ring (bicyclic) bond motifs is 1. The Bertz CT molecular complexity index is 3980. The zero-order valence-corrected chi connectivity index (χ0v) is 71.6. The highest BCUT2D eigenvalue weighted by Crippen LogP contribution is 2.38. The van der Waals surface area contributed by atoms with Crippen LogP contribution in [0.3, 0.4) is 0 Å². The van der Waals surface area contributed by atoms with Gasteiger partial charge in [0.15, 0.2) is 17.3 Å². The number of nitrogens with zero attached hydrogens (tertiary/aromatic N) is 2. The third-order valence-corrected chi connectivity index (χ3v) is 21.8. The fourth-order valence-electron chi connectivity index (χ4n) is 13.8. The molecule has 1 heterocycles. The maximum absolute atomic E-state index is 14.7. The molecule has 43 nitrogen and oxygen atoms in total. The predicted molar refractivity (Wildman–Crippen MR) is 450 cm³/mol. The Morgan fingerprint density at radius 1 is 0.563 bits per heavy atom. The largest absolute Gasteiger partial charge is 0.481 e. The Labute approximate surface area is 732 Å². The maximum atomic E-state index is 14.7. The number of ketones is 4. The summed E-state index contributed by atoms with van der Waals surface area (Å²) in [6.45, 7) is 0.762. The lowest BCUT2D eigenvalue weighted by atomic mass is 9.89. The zero-order valence-electron chi connectivity index (χ0n) is 70.7. The van der Waals surface area contributed by atoms with Crippen molar-refractivity contribution >= 4 is 130 Å². The summed E-state index contributed by atoms with van der Waals surface area (Å²) in [6, 6.07) is 3.05. The van der Waals surface area contributed by atoms with Crippen LogP contribution >= 0.6 is 12.6 Å². The normalized spacial score (nSPS) is 17.2. The predicted octanol–water partition coefficient (Wildman–Crippen LogP) is -3.60. The van der Waals surface area contributed by atoms with Crippen molar-refractivity contribution in [2.45, 2.75) is 260 Å². The average molecular weight is 1810 g/mol. The molecular formula is C82H124N12O31S. The number of carboxylic acids is 3. The number of urea groups is 1. The number of aliphatic hydroxyl groups excluding tert-OH is 10. The summed E-state index contributed by atoms with van der Waals surface area (Å²) >= 11 is 3.86. The van der Waals surface area contributed by atoms with Crippen LogP contribution in [0.15, 0.2) is 48.5 Å². The highest BCUT2D eigenvalue weighted by atomic mass is 32.1. The number of hydrogen-bond donors (Lipinski definition) is 24. The highest BCUT2D eigenvalue weighted by Gasteiger charge is 2.42. The molecule has 2 aromatic carbocycles. The van der Waals surface area contributed by atoms with Gasteiger partial charge in [0.2, 0.25) is 35.4 Å². The van der Waals surface area contributed by atoms with Crippen LogP contribution in [0.5, 0.6) is 0 Å². The lowest BCUT2D eigenvalue weighted by Crippen LogP contribution is -2.56. The summed E-state index contributed by atoms with van der Waals surface area (Å²) in [5.74, 6) is -18.7. The van der Waals surface area contributed by atoms with E-state index in [1.807, 2.05) is 12.1 Å². The Kier molecular flexibility index (Phi) is 47.5. The van der Waals surface area contributed by atoms with Crippen molar-refractivity contribution in [3.05, 3.63) is 54.1 Å². The molecule has 44 heteroatoms. The van der Waals surface area contributed by atoms with Gasteiger partial charge in [-0.05, 0) is 88.1 Å². The Balaban J connectivity index is 1.50. The van der Waals surface area contributed by atoms with E-state index < -0.39 is 307 Å². The number of nitrogens with one attached hydrogen (secondary N) is 9. The van der Waals surface area contributed by atoms with E-state index in [0.29, 0.717) is 31.4 Å². The number of unbranched alkanes of at least 4 members (excludes halogenated alkanes) is 4. The number of aliphatic carboxylic acids is 3. The summed E-state index contributed by atoms with van der Waals surface area (Å²) in [5, 5.41) is 151. The molecule has 2 aromatic rings. The van der Waals surface area contributed by atoms with Gasteiger partial charge in [0.05, 0.1) is 61.5 Å². The molecule has 1 aliphatic carbocycles. The molecule has 16 atom stereocenters. The number of rotatable bonds is 60. The number of thiol groups is 1. The Morgan fingerprint density at radius 3 is 1.61 bits per heavy atom. The maximum Gasteiger partial charge on any atom is 0.327 e. The molecule has 0 radical (unpaired) electrons. The van der Waals surface area contributed by atoms with Crippen LogP contribution < -0.4 is 63.4 Å². The molecule has 704 valence electrons. The van der Waals surface area contributed by atoms with Crippen LogP contribution in [0.4, 0.5) is 21.9 Å². The molecule has 0 unspecified atom stereocenters. The van der Waals surface area contributed by atoms with Gasteiger partial charge in [-0.25, -0.2) is 9.59 Å². The second kappa shape index (κ2) is 55.4. The smallest absolute Gasteiger partial charge is 0.327 e. The van der Waals surface area contributed by atoms with Gasteiger partial charge in [-0.3, -0.25) is 71.9 Å². The highest BCUT2D eigenvalue weighted by molar-refractivity contribution is 7.80. The minimum absolute atomic E-state index is 0.0871. The minimum atomic E-state index is -2.15. The number of amides is 10. The quantitative estimate of drug-likeness (QED) is 0.0173. The molecule has 1 fully saturated rings. The summed E-state index contributed by atoms with van der Waals surface area (Å²) < 4.78 is 4.61. The molecule has 0 saturated heterocycles. The first-order chi connectivity index (χ1) is 59.5. The number of anilines is 3. The van der Waals surface area contributed by atoms with Crippen molar-refractivity contribution in [3.63, 3.8) is 0 Å². The Morgan fingerprint density at radius 2 is 1.08 bits per heavy atom. The summed E-state index contributed by atoms with van der Waals surface area (Å²) in [4.78, 5) is 230. The van der Waals surface area contributed by atoms with Gasteiger partial charge in [0, 0.05) is 118 Å². The van der Waals surface area contributed by atoms with Gasteiger partial charge in [-0.15, -0.1) is 0 Å². The van der Waals surface area contributed by atoms with Crippen LogP contribution in [0.1, 0.15) is 179 Å². The number of carbonyl (C=O) groups is 17. The Hall–Kier alpha value is -10.3. The second-order valence-corrected chi connectivity index (χ2v) is 32.7. The molecule has 1 saturated carbocycles. The third kappa shape index (κ3) is 37.3. The number of nitrogens with two attached hydrogens (primary N) is 1. The van der Waals surface area contributed by atoms with E-state index in [4.69, 9.17) is 5.73 Å². The second-order valence-electron chi connectivity index (χ2n) is 32.3. The number of aliphatic hydroxyl groups is 10. The number of ether oxygens (including phenoxy) is 1. The van der Waals surface area contributed by atoms with Crippen molar-refractivity contribution in [1.82, 2.24) is 42.5 Å².